The number of nitrogens with one attached hydrogen (secondary N) is 1. The van der Waals surface area contributed by atoms with Gasteiger partial charge in [-0.3, -0.25) is 14.4 Å². The van der Waals surface area contributed by atoms with E-state index in [9.17, 15) is 4.79 Å². The second kappa shape index (κ2) is 9.87. The Balaban J connectivity index is 1.40. The molecule has 1 aliphatic rings. The molecule has 0 spiro atoms. The highest BCUT2D eigenvalue weighted by Gasteiger charge is 2.19. The van der Waals surface area contributed by atoms with Crippen LogP contribution in [0, 0.1) is 5.92 Å². The van der Waals surface area contributed by atoms with Gasteiger partial charge in [-0.05, 0) is 56.6 Å². The Morgan fingerprint density at radius 2 is 2.11 bits per heavy atom. The Bertz CT molecular complexity index is 753. The molecule has 1 atom stereocenters. The predicted molar refractivity (Wildman–Crippen MR) is 113 cm³/mol. The van der Waals surface area contributed by atoms with E-state index < -0.39 is 0 Å². The fraction of sp³-hybridized carbons (Fsp3) is 0.565. The number of hydrogen-bond acceptors (Lipinski definition) is 3. The Kier molecular flexibility index (Phi) is 7.26. The Labute approximate surface area is 169 Å². The lowest BCUT2D eigenvalue weighted by Crippen LogP contribution is -2.34. The maximum atomic E-state index is 12.3. The van der Waals surface area contributed by atoms with Crippen molar-refractivity contribution in [2.24, 2.45) is 5.92 Å². The van der Waals surface area contributed by atoms with Crippen LogP contribution in [-0.4, -0.2) is 39.7 Å². The van der Waals surface area contributed by atoms with Gasteiger partial charge in [0.2, 0.25) is 5.91 Å². The number of benzene rings is 1. The van der Waals surface area contributed by atoms with Gasteiger partial charge in [-0.2, -0.15) is 5.10 Å². The molecule has 5 heteroatoms. The van der Waals surface area contributed by atoms with Crippen LogP contribution < -0.4 is 5.32 Å². The van der Waals surface area contributed by atoms with Crippen LogP contribution in [0.5, 0.6) is 0 Å². The number of rotatable bonds is 9. The van der Waals surface area contributed by atoms with Crippen molar-refractivity contribution < 1.29 is 4.79 Å². The summed E-state index contributed by atoms with van der Waals surface area (Å²) in [6.45, 7) is 9.67. The summed E-state index contributed by atoms with van der Waals surface area (Å²) < 4.78 is 1.81. The number of nitrogens with zero attached hydrogens (tertiary/aromatic N) is 3. The van der Waals surface area contributed by atoms with E-state index in [1.165, 1.54) is 23.2 Å². The zero-order valence-electron chi connectivity index (χ0n) is 17.5. The lowest BCUT2D eigenvalue weighted by molar-refractivity contribution is -0.121. The molecule has 0 saturated heterocycles. The van der Waals surface area contributed by atoms with Crippen LogP contribution in [0.1, 0.15) is 50.4 Å². The fourth-order valence-electron chi connectivity index (χ4n) is 3.88. The van der Waals surface area contributed by atoms with Gasteiger partial charge in [0.25, 0.3) is 0 Å². The van der Waals surface area contributed by atoms with Gasteiger partial charge in [-0.1, -0.05) is 37.3 Å². The molecule has 0 aliphatic heterocycles. The van der Waals surface area contributed by atoms with E-state index in [0.29, 0.717) is 19.1 Å². The van der Waals surface area contributed by atoms with Gasteiger partial charge >= 0.3 is 0 Å². The van der Waals surface area contributed by atoms with Gasteiger partial charge in [-0.25, -0.2) is 0 Å². The number of carbonyl (C=O) groups excluding carboxylic acids is 1. The number of hydrogen-bond donors (Lipinski definition) is 1. The Hall–Kier alpha value is -2.14. The first-order chi connectivity index (χ1) is 13.5. The summed E-state index contributed by atoms with van der Waals surface area (Å²) in [5.41, 5.74) is 3.83. The zero-order chi connectivity index (χ0) is 19.9. The molecule has 1 amide bonds. The van der Waals surface area contributed by atoms with E-state index in [-0.39, 0.29) is 5.91 Å². The van der Waals surface area contributed by atoms with Crippen molar-refractivity contribution in [3.63, 3.8) is 0 Å². The van der Waals surface area contributed by atoms with Gasteiger partial charge in [-0.15, -0.1) is 0 Å². The van der Waals surface area contributed by atoms with Gasteiger partial charge in [0, 0.05) is 31.9 Å². The first kappa shape index (κ1) is 20.6. The standard InChI is InChI=1S/C23H34N4O/c1-18(2)26(15-20-8-5-4-6-9-20)13-7-12-24-23(28)17-27-16-21-14-19(3)10-11-22(21)25-27/h4-6,8-9,16,18-19H,7,10-15,17H2,1-3H3,(H,24,28)/t19-/m0/s1. The molecule has 0 unspecified atom stereocenters. The largest absolute Gasteiger partial charge is 0.354 e. The number of aromatic nitrogens is 2. The summed E-state index contributed by atoms with van der Waals surface area (Å²) in [5.74, 6) is 0.769. The topological polar surface area (TPSA) is 50.2 Å². The number of fused-ring (bicyclic) bond motifs is 1. The van der Waals surface area contributed by atoms with E-state index in [2.05, 4.69) is 72.6 Å². The highest BCUT2D eigenvalue weighted by molar-refractivity contribution is 5.75. The van der Waals surface area contributed by atoms with E-state index in [1.54, 1.807) is 0 Å². The molecular weight excluding hydrogens is 348 g/mol. The lowest BCUT2D eigenvalue weighted by atomic mass is 9.89. The predicted octanol–water partition coefficient (Wildman–Crippen LogP) is 3.42. The van der Waals surface area contributed by atoms with Gasteiger partial charge < -0.3 is 5.32 Å². The molecule has 0 radical (unpaired) electrons. The normalized spacial score (nSPS) is 16.4. The molecule has 152 valence electrons. The number of amides is 1. The number of carbonyl (C=O) groups is 1. The van der Waals surface area contributed by atoms with Crippen LogP contribution in [0.25, 0.3) is 0 Å². The van der Waals surface area contributed by atoms with Crippen molar-refractivity contribution in [2.45, 2.75) is 65.6 Å². The van der Waals surface area contributed by atoms with E-state index in [0.717, 1.165) is 38.3 Å². The molecule has 0 saturated carbocycles. The minimum atomic E-state index is 0.0482. The summed E-state index contributed by atoms with van der Waals surface area (Å²) in [5, 5.41) is 7.65. The van der Waals surface area contributed by atoms with Crippen molar-refractivity contribution in [3.05, 3.63) is 53.3 Å². The van der Waals surface area contributed by atoms with Crippen molar-refractivity contribution in [1.82, 2.24) is 20.0 Å². The van der Waals surface area contributed by atoms with Crippen LogP contribution in [0.2, 0.25) is 0 Å². The summed E-state index contributed by atoms with van der Waals surface area (Å²) in [6, 6.07) is 11.0. The summed E-state index contributed by atoms with van der Waals surface area (Å²) in [6.07, 6.45) is 6.33. The van der Waals surface area contributed by atoms with Crippen LogP contribution in [0.15, 0.2) is 36.5 Å². The molecule has 0 fully saturated rings. The molecule has 3 rings (SSSR count). The SMILES string of the molecule is CC(C)N(CCCNC(=O)Cn1cc2c(n1)CC[C@H](C)C2)Cc1ccccc1. The minimum absolute atomic E-state index is 0.0482. The molecular formula is C23H34N4O. The molecule has 1 aliphatic carbocycles. The minimum Gasteiger partial charge on any atom is -0.354 e. The van der Waals surface area contributed by atoms with Crippen LogP contribution in [0.3, 0.4) is 0 Å². The molecule has 1 N–H and O–H groups in total. The van der Waals surface area contributed by atoms with Gasteiger partial charge in [0.05, 0.1) is 5.69 Å². The highest BCUT2D eigenvalue weighted by atomic mass is 16.2. The van der Waals surface area contributed by atoms with Crippen molar-refractivity contribution >= 4 is 5.91 Å². The van der Waals surface area contributed by atoms with Crippen molar-refractivity contribution in [2.75, 3.05) is 13.1 Å². The average Bonchev–Trinajstić information content (AvgIpc) is 3.06. The van der Waals surface area contributed by atoms with Gasteiger partial charge in [0.1, 0.15) is 6.54 Å². The molecule has 1 aromatic heterocycles. The van der Waals surface area contributed by atoms with E-state index in [4.69, 9.17) is 0 Å². The summed E-state index contributed by atoms with van der Waals surface area (Å²) in [4.78, 5) is 14.7. The van der Waals surface area contributed by atoms with Crippen molar-refractivity contribution in [3.8, 4) is 0 Å². The van der Waals surface area contributed by atoms with Crippen molar-refractivity contribution in [1.29, 1.82) is 0 Å². The van der Waals surface area contributed by atoms with Crippen LogP contribution in [-0.2, 0) is 30.7 Å². The van der Waals surface area contributed by atoms with E-state index >= 15 is 0 Å². The summed E-state index contributed by atoms with van der Waals surface area (Å²) in [7, 11) is 0. The lowest BCUT2D eigenvalue weighted by Gasteiger charge is -2.26. The Morgan fingerprint density at radius 1 is 1.32 bits per heavy atom. The van der Waals surface area contributed by atoms with Gasteiger partial charge in [0.15, 0.2) is 0 Å². The number of aryl methyl sites for hydroxylation is 1. The smallest absolute Gasteiger partial charge is 0.241 e. The molecule has 28 heavy (non-hydrogen) atoms. The quantitative estimate of drug-likeness (QED) is 0.676. The monoisotopic (exact) mass is 382 g/mol. The molecule has 5 nitrogen and oxygen atoms in total. The summed E-state index contributed by atoms with van der Waals surface area (Å²) >= 11 is 0. The van der Waals surface area contributed by atoms with E-state index in [1.807, 2.05) is 4.68 Å². The average molecular weight is 383 g/mol. The van der Waals surface area contributed by atoms with Crippen LogP contribution >= 0.6 is 0 Å². The maximum absolute atomic E-state index is 12.3. The molecule has 0 bridgehead atoms. The second-order valence-corrected chi connectivity index (χ2v) is 8.40. The first-order valence-corrected chi connectivity index (χ1v) is 10.6. The molecule has 2 aromatic rings. The third kappa shape index (κ3) is 5.93. The first-order valence-electron chi connectivity index (χ1n) is 10.6. The Morgan fingerprint density at radius 3 is 2.86 bits per heavy atom. The molecule has 1 heterocycles. The highest BCUT2D eigenvalue weighted by Crippen LogP contribution is 2.23. The fourth-order valence-corrected chi connectivity index (χ4v) is 3.88. The molecule has 1 aromatic carbocycles. The third-order valence-electron chi connectivity index (χ3n) is 5.58. The zero-order valence-corrected chi connectivity index (χ0v) is 17.5. The maximum Gasteiger partial charge on any atom is 0.241 e. The second-order valence-electron chi connectivity index (χ2n) is 8.40. The van der Waals surface area contributed by atoms with Crippen LogP contribution in [0.4, 0.5) is 0 Å². The third-order valence-corrected chi connectivity index (χ3v) is 5.58.